The average molecular weight is 376 g/mol. The Kier molecular flexibility index (Phi) is 6.88. The molecule has 2 aliphatic rings. The first-order valence-corrected chi connectivity index (χ1v) is 10.3. The second kappa shape index (κ2) is 9.35. The Hall–Kier alpha value is -1.89. The fraction of sp³-hybridized carbons (Fsp3) is 0.750. The number of piperazine rings is 1. The van der Waals surface area contributed by atoms with Crippen LogP contribution in [0.25, 0.3) is 0 Å². The molecule has 1 aromatic rings. The number of rotatable bonds is 6. The van der Waals surface area contributed by atoms with Crippen LogP contribution in [-0.4, -0.2) is 64.6 Å². The zero-order chi connectivity index (χ0) is 19.2. The molecule has 150 valence electrons. The third-order valence-corrected chi connectivity index (χ3v) is 6.03. The lowest BCUT2D eigenvalue weighted by molar-refractivity contribution is -0.141. The van der Waals surface area contributed by atoms with Crippen LogP contribution in [0.4, 0.5) is 0 Å². The number of carbonyl (C=O) groups is 2. The number of nitrogens with one attached hydrogen (secondary N) is 1. The van der Waals surface area contributed by atoms with Gasteiger partial charge in [-0.3, -0.25) is 14.3 Å². The minimum Gasteiger partial charge on any atom is -0.339 e. The van der Waals surface area contributed by atoms with E-state index in [1.165, 1.54) is 32.1 Å². The molecular weight excluding hydrogens is 342 g/mol. The molecule has 1 aliphatic carbocycles. The summed E-state index contributed by atoms with van der Waals surface area (Å²) in [5.41, 5.74) is 0.871. The summed E-state index contributed by atoms with van der Waals surface area (Å²) in [5.74, 6) is 1.05. The van der Waals surface area contributed by atoms with E-state index in [4.69, 9.17) is 0 Å². The molecule has 27 heavy (non-hydrogen) atoms. The molecule has 2 heterocycles. The minimum atomic E-state index is -0.382. The van der Waals surface area contributed by atoms with Gasteiger partial charge in [-0.1, -0.05) is 32.1 Å². The molecule has 0 bridgehead atoms. The van der Waals surface area contributed by atoms with Crippen molar-refractivity contribution in [2.75, 3.05) is 33.2 Å². The highest BCUT2D eigenvalue weighted by atomic mass is 16.2. The molecule has 1 atom stereocenters. The van der Waals surface area contributed by atoms with Crippen molar-refractivity contribution in [3.05, 3.63) is 18.0 Å². The van der Waals surface area contributed by atoms with Crippen molar-refractivity contribution in [2.24, 2.45) is 13.0 Å². The van der Waals surface area contributed by atoms with Crippen molar-refractivity contribution < 1.29 is 9.59 Å². The molecule has 1 N–H and O–H groups in total. The average Bonchev–Trinajstić information content (AvgIpc) is 3.13. The Labute approximate surface area is 162 Å². The first-order chi connectivity index (χ1) is 13.1. The molecule has 2 fully saturated rings. The Morgan fingerprint density at radius 1 is 1.15 bits per heavy atom. The molecular formula is C20H33N5O2. The predicted molar refractivity (Wildman–Crippen MR) is 104 cm³/mol. The van der Waals surface area contributed by atoms with Crippen molar-refractivity contribution >= 4 is 11.8 Å². The lowest BCUT2D eigenvalue weighted by Gasteiger charge is -2.36. The Morgan fingerprint density at radius 2 is 1.81 bits per heavy atom. The van der Waals surface area contributed by atoms with Gasteiger partial charge in [-0.05, 0) is 19.4 Å². The smallest absolute Gasteiger partial charge is 0.244 e. The maximum Gasteiger partial charge on any atom is 0.244 e. The van der Waals surface area contributed by atoms with Crippen LogP contribution in [-0.2, 0) is 16.6 Å². The second-order valence-electron chi connectivity index (χ2n) is 7.92. The van der Waals surface area contributed by atoms with E-state index in [0.717, 1.165) is 17.9 Å². The molecule has 0 radical (unpaired) electrons. The van der Waals surface area contributed by atoms with Gasteiger partial charge in [-0.25, -0.2) is 0 Å². The number of carbonyl (C=O) groups excluding carboxylic acids is 2. The van der Waals surface area contributed by atoms with E-state index in [9.17, 15) is 9.59 Å². The molecule has 1 saturated heterocycles. The molecule has 7 heteroatoms. The predicted octanol–water partition coefficient (Wildman–Crippen LogP) is 1.71. The summed E-state index contributed by atoms with van der Waals surface area (Å²) in [4.78, 5) is 29.2. The summed E-state index contributed by atoms with van der Waals surface area (Å²) in [6, 6.07) is -0.382. The van der Waals surface area contributed by atoms with Crippen LogP contribution in [0.5, 0.6) is 0 Å². The Balaban J connectivity index is 1.46. The van der Waals surface area contributed by atoms with Gasteiger partial charge in [0.2, 0.25) is 11.8 Å². The number of likely N-dealkylation sites (N-methyl/N-ethyl adjacent to an activating group) is 1. The third kappa shape index (κ3) is 5.09. The number of hydrogen-bond donors (Lipinski definition) is 1. The van der Waals surface area contributed by atoms with Crippen LogP contribution in [0.1, 0.15) is 56.6 Å². The molecule has 7 nitrogen and oxygen atoms in total. The van der Waals surface area contributed by atoms with Gasteiger partial charge in [-0.15, -0.1) is 0 Å². The largest absolute Gasteiger partial charge is 0.339 e. The monoisotopic (exact) mass is 375 g/mol. The first kappa shape index (κ1) is 19.9. The number of nitrogens with zero attached hydrogens (tertiary/aromatic N) is 4. The van der Waals surface area contributed by atoms with Crippen LogP contribution in [0, 0.1) is 5.92 Å². The fourth-order valence-electron chi connectivity index (χ4n) is 4.34. The van der Waals surface area contributed by atoms with E-state index in [0.29, 0.717) is 32.6 Å². The highest BCUT2D eigenvalue weighted by Crippen LogP contribution is 2.27. The standard InChI is InChI=1S/C20H33N5O2/c1-21-19(17-14-22-23(2)15-17)20(27)25-12-10-24(11-13-25)18(26)9-8-16-6-4-3-5-7-16/h14-16,19,21H,3-13H2,1-2H3. The van der Waals surface area contributed by atoms with E-state index in [-0.39, 0.29) is 17.9 Å². The van der Waals surface area contributed by atoms with Gasteiger partial charge in [-0.2, -0.15) is 5.10 Å². The van der Waals surface area contributed by atoms with E-state index >= 15 is 0 Å². The highest BCUT2D eigenvalue weighted by molar-refractivity contribution is 5.83. The summed E-state index contributed by atoms with van der Waals surface area (Å²) < 4.78 is 1.70. The number of amides is 2. The van der Waals surface area contributed by atoms with E-state index in [1.807, 2.05) is 23.0 Å². The lowest BCUT2D eigenvalue weighted by atomic mass is 9.86. The Morgan fingerprint density at radius 3 is 2.41 bits per heavy atom. The van der Waals surface area contributed by atoms with Crippen LogP contribution in [0.3, 0.4) is 0 Å². The van der Waals surface area contributed by atoms with Crippen LogP contribution in [0.15, 0.2) is 12.4 Å². The van der Waals surface area contributed by atoms with Gasteiger partial charge in [0.15, 0.2) is 0 Å². The second-order valence-corrected chi connectivity index (χ2v) is 7.92. The summed E-state index contributed by atoms with van der Waals surface area (Å²) in [6.45, 7) is 2.48. The molecule has 1 unspecified atom stereocenters. The molecule has 0 spiro atoms. The summed E-state index contributed by atoms with van der Waals surface area (Å²) in [7, 11) is 3.64. The summed E-state index contributed by atoms with van der Waals surface area (Å²) in [6.07, 6.45) is 11.9. The topological polar surface area (TPSA) is 70.5 Å². The van der Waals surface area contributed by atoms with Crippen molar-refractivity contribution in [2.45, 2.75) is 51.0 Å². The van der Waals surface area contributed by atoms with Crippen molar-refractivity contribution in [1.29, 1.82) is 0 Å². The summed E-state index contributed by atoms with van der Waals surface area (Å²) in [5, 5.41) is 7.25. The van der Waals surface area contributed by atoms with Gasteiger partial charge >= 0.3 is 0 Å². The number of aryl methyl sites for hydroxylation is 1. The van der Waals surface area contributed by atoms with Crippen molar-refractivity contribution in [3.63, 3.8) is 0 Å². The van der Waals surface area contributed by atoms with Gasteiger partial charge < -0.3 is 15.1 Å². The van der Waals surface area contributed by atoms with E-state index in [1.54, 1.807) is 17.9 Å². The molecule has 2 amide bonds. The molecule has 1 aliphatic heterocycles. The molecule has 1 saturated carbocycles. The quantitative estimate of drug-likeness (QED) is 0.822. The maximum absolute atomic E-state index is 12.9. The van der Waals surface area contributed by atoms with Crippen molar-refractivity contribution in [1.82, 2.24) is 24.9 Å². The van der Waals surface area contributed by atoms with Crippen LogP contribution < -0.4 is 5.32 Å². The highest BCUT2D eigenvalue weighted by Gasteiger charge is 2.29. The SMILES string of the molecule is CNC(C(=O)N1CCN(C(=O)CCC2CCCCC2)CC1)c1cnn(C)c1. The minimum absolute atomic E-state index is 0.0554. The normalized spacial score (nSPS) is 19.9. The van der Waals surface area contributed by atoms with Crippen LogP contribution >= 0.6 is 0 Å². The maximum atomic E-state index is 12.9. The third-order valence-electron chi connectivity index (χ3n) is 6.03. The molecule has 1 aromatic heterocycles. The first-order valence-electron chi connectivity index (χ1n) is 10.3. The molecule has 0 aromatic carbocycles. The van der Waals surface area contributed by atoms with Gasteiger partial charge in [0, 0.05) is 51.4 Å². The van der Waals surface area contributed by atoms with Gasteiger partial charge in [0.25, 0.3) is 0 Å². The van der Waals surface area contributed by atoms with Crippen LogP contribution in [0.2, 0.25) is 0 Å². The lowest BCUT2D eigenvalue weighted by Crippen LogP contribution is -2.52. The molecule has 3 rings (SSSR count). The number of aromatic nitrogens is 2. The zero-order valence-corrected chi connectivity index (χ0v) is 16.7. The fourth-order valence-corrected chi connectivity index (χ4v) is 4.34. The number of hydrogen-bond acceptors (Lipinski definition) is 4. The van der Waals surface area contributed by atoms with E-state index in [2.05, 4.69) is 10.4 Å². The Bertz CT molecular complexity index is 630. The van der Waals surface area contributed by atoms with E-state index < -0.39 is 0 Å². The summed E-state index contributed by atoms with van der Waals surface area (Å²) >= 11 is 0. The van der Waals surface area contributed by atoms with Gasteiger partial charge in [0.1, 0.15) is 6.04 Å². The van der Waals surface area contributed by atoms with Gasteiger partial charge in [0.05, 0.1) is 6.20 Å². The zero-order valence-electron chi connectivity index (χ0n) is 16.7. The van der Waals surface area contributed by atoms with Crippen molar-refractivity contribution in [3.8, 4) is 0 Å².